The molecular formula is C25H22N6O2S. The van der Waals surface area contributed by atoms with Crippen LogP contribution in [0.3, 0.4) is 0 Å². The standard InChI is InChI=1S/C25H22N6O2S/c1-4-33-23(32)19-13-26-21(17-8-6-5-7-9-17)27-22(19)28-24-29-25-31(30-24)20(14-34-25)18-11-10-15(2)12-16(18)3/h5-14H,4H2,1-3H3,(H,26,27,28,30). The fraction of sp³-hybridized carbons (Fsp3) is 0.160. The van der Waals surface area contributed by atoms with Gasteiger partial charge in [-0.05, 0) is 26.3 Å². The largest absolute Gasteiger partial charge is 0.462 e. The molecule has 5 rings (SSSR count). The van der Waals surface area contributed by atoms with E-state index in [0.717, 1.165) is 27.3 Å². The molecule has 0 aliphatic heterocycles. The zero-order chi connectivity index (χ0) is 23.7. The van der Waals surface area contributed by atoms with Crippen molar-refractivity contribution >= 4 is 34.0 Å². The Bertz CT molecular complexity index is 1490. The minimum atomic E-state index is -0.512. The summed E-state index contributed by atoms with van der Waals surface area (Å²) in [7, 11) is 0. The second-order valence-electron chi connectivity index (χ2n) is 7.74. The number of nitrogens with one attached hydrogen (secondary N) is 1. The predicted octanol–water partition coefficient (Wildman–Crippen LogP) is 5.45. The average Bonchev–Trinajstić information content (AvgIpc) is 3.40. The quantitative estimate of drug-likeness (QED) is 0.330. The van der Waals surface area contributed by atoms with Gasteiger partial charge in [0.05, 0.1) is 12.3 Å². The van der Waals surface area contributed by atoms with E-state index in [1.165, 1.54) is 23.1 Å². The number of rotatable bonds is 6. The number of aromatic nitrogens is 5. The van der Waals surface area contributed by atoms with Crippen molar-refractivity contribution in [1.29, 1.82) is 0 Å². The van der Waals surface area contributed by atoms with E-state index in [1.54, 1.807) is 11.4 Å². The molecule has 3 heterocycles. The summed E-state index contributed by atoms with van der Waals surface area (Å²) >= 11 is 1.50. The monoisotopic (exact) mass is 470 g/mol. The summed E-state index contributed by atoms with van der Waals surface area (Å²) in [5.74, 6) is 0.592. The van der Waals surface area contributed by atoms with Gasteiger partial charge in [0.25, 0.3) is 0 Å². The van der Waals surface area contributed by atoms with Crippen LogP contribution in [0.1, 0.15) is 28.4 Å². The summed E-state index contributed by atoms with van der Waals surface area (Å²) in [6, 6.07) is 15.9. The van der Waals surface area contributed by atoms with Gasteiger partial charge in [-0.3, -0.25) is 0 Å². The molecule has 5 aromatic rings. The molecule has 34 heavy (non-hydrogen) atoms. The molecule has 2 aromatic carbocycles. The molecule has 0 amide bonds. The first-order valence-corrected chi connectivity index (χ1v) is 11.7. The Morgan fingerprint density at radius 1 is 1.12 bits per heavy atom. The lowest BCUT2D eigenvalue weighted by atomic mass is 10.0. The van der Waals surface area contributed by atoms with Crippen LogP contribution < -0.4 is 5.32 Å². The predicted molar refractivity (Wildman–Crippen MR) is 132 cm³/mol. The van der Waals surface area contributed by atoms with Crippen molar-refractivity contribution < 1.29 is 9.53 Å². The van der Waals surface area contributed by atoms with Crippen LogP contribution in [-0.2, 0) is 4.74 Å². The van der Waals surface area contributed by atoms with Gasteiger partial charge >= 0.3 is 5.97 Å². The highest BCUT2D eigenvalue weighted by molar-refractivity contribution is 7.15. The zero-order valence-corrected chi connectivity index (χ0v) is 19.8. The molecule has 0 aliphatic carbocycles. The third-order valence-corrected chi connectivity index (χ3v) is 6.10. The first-order valence-electron chi connectivity index (χ1n) is 10.8. The van der Waals surface area contributed by atoms with Gasteiger partial charge in [-0.15, -0.1) is 16.4 Å². The molecule has 170 valence electrons. The molecule has 0 bridgehead atoms. The Hall–Kier alpha value is -4.11. The van der Waals surface area contributed by atoms with Gasteiger partial charge in [-0.2, -0.15) is 4.98 Å². The van der Waals surface area contributed by atoms with E-state index in [-0.39, 0.29) is 12.2 Å². The number of carbonyl (C=O) groups excluding carboxylic acids is 1. The molecule has 1 N–H and O–H groups in total. The lowest BCUT2D eigenvalue weighted by Gasteiger charge is -2.10. The molecular weight excluding hydrogens is 448 g/mol. The highest BCUT2D eigenvalue weighted by atomic mass is 32.1. The van der Waals surface area contributed by atoms with Gasteiger partial charge in [0.2, 0.25) is 10.9 Å². The van der Waals surface area contributed by atoms with E-state index >= 15 is 0 Å². The second kappa shape index (κ2) is 9.03. The topological polar surface area (TPSA) is 94.3 Å². The smallest absolute Gasteiger partial charge is 0.343 e. The van der Waals surface area contributed by atoms with Gasteiger partial charge in [0.15, 0.2) is 11.6 Å². The Morgan fingerprint density at radius 2 is 1.94 bits per heavy atom. The number of anilines is 2. The van der Waals surface area contributed by atoms with Crippen LogP contribution in [-0.4, -0.2) is 37.1 Å². The average molecular weight is 471 g/mol. The summed E-state index contributed by atoms with van der Waals surface area (Å²) in [5, 5.41) is 9.80. The van der Waals surface area contributed by atoms with Gasteiger partial charge in [0, 0.05) is 22.7 Å². The van der Waals surface area contributed by atoms with Crippen LogP contribution in [0, 0.1) is 13.8 Å². The maximum atomic E-state index is 12.5. The highest BCUT2D eigenvalue weighted by Gasteiger charge is 2.19. The number of carbonyl (C=O) groups is 1. The molecule has 0 aliphatic rings. The SMILES string of the molecule is CCOC(=O)c1cnc(-c2ccccc2)nc1Nc1nc2scc(-c3ccc(C)cc3C)n2n1. The molecule has 0 radical (unpaired) electrons. The molecule has 0 atom stereocenters. The summed E-state index contributed by atoms with van der Waals surface area (Å²) < 4.78 is 6.99. The lowest BCUT2D eigenvalue weighted by Crippen LogP contribution is -2.11. The summed E-state index contributed by atoms with van der Waals surface area (Å²) in [5.41, 5.74) is 5.46. The highest BCUT2D eigenvalue weighted by Crippen LogP contribution is 2.30. The van der Waals surface area contributed by atoms with E-state index < -0.39 is 5.97 Å². The maximum absolute atomic E-state index is 12.5. The van der Waals surface area contributed by atoms with E-state index in [0.29, 0.717) is 17.6 Å². The van der Waals surface area contributed by atoms with E-state index in [9.17, 15) is 4.79 Å². The van der Waals surface area contributed by atoms with Gasteiger partial charge < -0.3 is 10.1 Å². The van der Waals surface area contributed by atoms with E-state index in [2.05, 4.69) is 57.4 Å². The van der Waals surface area contributed by atoms with Crippen molar-refractivity contribution in [2.24, 2.45) is 0 Å². The van der Waals surface area contributed by atoms with Crippen LogP contribution in [0.4, 0.5) is 11.8 Å². The number of nitrogens with zero attached hydrogens (tertiary/aromatic N) is 5. The summed E-state index contributed by atoms with van der Waals surface area (Å²) in [6.07, 6.45) is 1.47. The number of hydrogen-bond acceptors (Lipinski definition) is 8. The Kier molecular flexibility index (Phi) is 5.77. The summed E-state index contributed by atoms with van der Waals surface area (Å²) in [4.78, 5) is 26.8. The van der Waals surface area contributed by atoms with Crippen LogP contribution in [0.25, 0.3) is 27.6 Å². The van der Waals surface area contributed by atoms with Crippen molar-refractivity contribution in [2.75, 3.05) is 11.9 Å². The molecule has 0 saturated heterocycles. The van der Waals surface area contributed by atoms with Gasteiger partial charge in [-0.1, -0.05) is 54.1 Å². The van der Waals surface area contributed by atoms with E-state index in [1.807, 2.05) is 35.7 Å². The van der Waals surface area contributed by atoms with Gasteiger partial charge in [-0.25, -0.2) is 19.3 Å². The van der Waals surface area contributed by atoms with Crippen molar-refractivity contribution in [3.8, 4) is 22.6 Å². The molecule has 0 saturated carbocycles. The van der Waals surface area contributed by atoms with Crippen LogP contribution in [0.2, 0.25) is 0 Å². The van der Waals surface area contributed by atoms with Gasteiger partial charge in [0.1, 0.15) is 5.56 Å². The number of ether oxygens (including phenoxy) is 1. The van der Waals surface area contributed by atoms with Crippen molar-refractivity contribution in [3.63, 3.8) is 0 Å². The lowest BCUT2D eigenvalue weighted by molar-refractivity contribution is 0.0526. The number of aryl methyl sites for hydroxylation is 2. The molecule has 9 heteroatoms. The normalized spacial score (nSPS) is 11.0. The van der Waals surface area contributed by atoms with Crippen molar-refractivity contribution in [2.45, 2.75) is 20.8 Å². The molecule has 3 aromatic heterocycles. The maximum Gasteiger partial charge on any atom is 0.343 e. The fourth-order valence-corrected chi connectivity index (χ4v) is 4.51. The number of hydrogen-bond donors (Lipinski definition) is 1. The Balaban J connectivity index is 1.54. The molecule has 0 spiro atoms. The number of esters is 1. The molecule has 8 nitrogen and oxygen atoms in total. The Morgan fingerprint density at radius 3 is 2.71 bits per heavy atom. The van der Waals surface area contributed by atoms with Crippen LogP contribution >= 0.6 is 11.3 Å². The molecule has 0 fully saturated rings. The van der Waals surface area contributed by atoms with Crippen molar-refractivity contribution in [3.05, 3.63) is 76.8 Å². The minimum Gasteiger partial charge on any atom is -0.462 e. The first kappa shape index (κ1) is 21.7. The molecule has 0 unspecified atom stereocenters. The third kappa shape index (κ3) is 4.13. The van der Waals surface area contributed by atoms with Crippen LogP contribution in [0.15, 0.2) is 60.1 Å². The van der Waals surface area contributed by atoms with E-state index in [4.69, 9.17) is 4.74 Å². The first-order chi connectivity index (χ1) is 16.5. The third-order valence-electron chi connectivity index (χ3n) is 5.29. The number of benzene rings is 2. The zero-order valence-electron chi connectivity index (χ0n) is 18.9. The number of fused-ring (bicyclic) bond motifs is 1. The minimum absolute atomic E-state index is 0.217. The summed E-state index contributed by atoms with van der Waals surface area (Å²) in [6.45, 7) is 6.16. The van der Waals surface area contributed by atoms with Crippen LogP contribution in [0.5, 0.6) is 0 Å². The number of thiazole rings is 1. The Labute approximate surface area is 200 Å². The fourth-order valence-electron chi connectivity index (χ4n) is 3.69. The van der Waals surface area contributed by atoms with Crippen molar-refractivity contribution in [1.82, 2.24) is 24.6 Å². The second-order valence-corrected chi connectivity index (χ2v) is 8.57.